The van der Waals surface area contributed by atoms with E-state index < -0.39 is 23.8 Å². The number of piperidine rings is 1. The van der Waals surface area contributed by atoms with Crippen molar-refractivity contribution in [3.05, 3.63) is 47.2 Å². The molecule has 1 amide bonds. The van der Waals surface area contributed by atoms with Crippen LogP contribution >= 0.6 is 0 Å². The lowest BCUT2D eigenvalue weighted by Crippen LogP contribution is -2.41. The summed E-state index contributed by atoms with van der Waals surface area (Å²) in [4.78, 5) is 35.6. The minimum atomic E-state index is -1.01. The Morgan fingerprint density at radius 2 is 1.81 bits per heavy atom. The van der Waals surface area contributed by atoms with E-state index in [1.165, 1.54) is 23.2 Å². The molecule has 1 aromatic carbocycles. The Balaban J connectivity index is 1.91. The second-order valence-corrected chi connectivity index (χ2v) is 5.96. The second kappa shape index (κ2) is 8.67. The van der Waals surface area contributed by atoms with Gasteiger partial charge in [0.05, 0.1) is 11.5 Å². The van der Waals surface area contributed by atoms with Gasteiger partial charge in [-0.15, -0.1) is 0 Å². The number of nitrogens with one attached hydrogen (secondary N) is 1. The van der Waals surface area contributed by atoms with Crippen molar-refractivity contribution in [2.75, 3.05) is 13.1 Å². The van der Waals surface area contributed by atoms with Gasteiger partial charge in [0.25, 0.3) is 5.91 Å². The first-order valence-corrected chi connectivity index (χ1v) is 8.10. The number of carbonyl (C=O) groups excluding carboxylic acids is 1. The van der Waals surface area contributed by atoms with Gasteiger partial charge in [0, 0.05) is 25.8 Å². The van der Waals surface area contributed by atoms with E-state index in [0.717, 1.165) is 5.56 Å². The lowest BCUT2D eigenvalue weighted by atomic mass is 9.97. The van der Waals surface area contributed by atoms with Crippen molar-refractivity contribution in [3.63, 3.8) is 0 Å². The van der Waals surface area contributed by atoms with Crippen molar-refractivity contribution >= 4 is 17.8 Å². The number of amides is 1. The van der Waals surface area contributed by atoms with Crippen LogP contribution < -0.4 is 5.32 Å². The standard InChI is InChI=1S/C18H19N3O5/c19-9-15(16(22)21-7-5-14(6-8-21)18(25)26)11-20-10-12-1-3-13(4-2-12)17(23)24/h1-4,11,14,20H,5-8,10H2,(H,23,24)(H,25,26)/b15-11-. The number of carbonyl (C=O) groups is 3. The topological polar surface area (TPSA) is 131 Å². The molecular formula is C18H19N3O5. The number of carboxylic acid groups (broad SMARTS) is 2. The number of hydrogen-bond acceptors (Lipinski definition) is 5. The first kappa shape index (κ1) is 19.0. The highest BCUT2D eigenvalue weighted by atomic mass is 16.4. The molecule has 0 unspecified atom stereocenters. The number of aliphatic carboxylic acids is 1. The zero-order valence-electron chi connectivity index (χ0n) is 14.0. The Kier molecular flexibility index (Phi) is 6.33. The van der Waals surface area contributed by atoms with E-state index in [1.54, 1.807) is 12.1 Å². The van der Waals surface area contributed by atoms with E-state index in [1.807, 2.05) is 6.07 Å². The first-order valence-electron chi connectivity index (χ1n) is 8.10. The van der Waals surface area contributed by atoms with E-state index in [4.69, 9.17) is 10.2 Å². The van der Waals surface area contributed by atoms with Gasteiger partial charge in [-0.25, -0.2) is 4.79 Å². The van der Waals surface area contributed by atoms with Crippen LogP contribution in [0.5, 0.6) is 0 Å². The molecule has 1 aliphatic heterocycles. The van der Waals surface area contributed by atoms with Gasteiger partial charge < -0.3 is 20.4 Å². The largest absolute Gasteiger partial charge is 0.481 e. The molecule has 0 saturated carbocycles. The van der Waals surface area contributed by atoms with Crippen molar-refractivity contribution in [1.82, 2.24) is 10.2 Å². The molecule has 1 heterocycles. The minimum absolute atomic E-state index is 0.0547. The second-order valence-electron chi connectivity index (χ2n) is 5.96. The Bertz CT molecular complexity index is 756. The number of nitriles is 1. The SMILES string of the molecule is N#C/C(=C/NCc1ccc(C(=O)O)cc1)C(=O)N1CCC(C(=O)O)CC1. The fourth-order valence-electron chi connectivity index (χ4n) is 2.68. The summed E-state index contributed by atoms with van der Waals surface area (Å²) in [6.45, 7) is 0.955. The van der Waals surface area contributed by atoms with Crippen LogP contribution in [0, 0.1) is 17.2 Å². The van der Waals surface area contributed by atoms with Crippen LogP contribution in [0.2, 0.25) is 0 Å². The quantitative estimate of drug-likeness (QED) is 0.515. The predicted octanol–water partition coefficient (Wildman–Crippen LogP) is 1.21. The van der Waals surface area contributed by atoms with E-state index >= 15 is 0 Å². The lowest BCUT2D eigenvalue weighted by Gasteiger charge is -2.29. The minimum Gasteiger partial charge on any atom is -0.481 e. The maximum atomic E-state index is 12.4. The summed E-state index contributed by atoms with van der Waals surface area (Å²) < 4.78 is 0. The molecule has 8 nitrogen and oxygen atoms in total. The highest BCUT2D eigenvalue weighted by Gasteiger charge is 2.28. The molecule has 0 aromatic heterocycles. The number of rotatable bonds is 6. The van der Waals surface area contributed by atoms with Crippen LogP contribution in [-0.4, -0.2) is 46.0 Å². The summed E-state index contributed by atoms with van der Waals surface area (Å²) in [5, 5.41) is 29.9. The number of carboxylic acids is 2. The van der Waals surface area contributed by atoms with Gasteiger partial charge in [-0.3, -0.25) is 9.59 Å². The Morgan fingerprint density at radius 3 is 2.31 bits per heavy atom. The molecule has 1 aliphatic rings. The summed E-state index contributed by atoms with van der Waals surface area (Å²) in [5.41, 5.74) is 0.932. The Morgan fingerprint density at radius 1 is 1.19 bits per heavy atom. The molecule has 2 rings (SSSR count). The van der Waals surface area contributed by atoms with Crippen LogP contribution in [-0.2, 0) is 16.1 Å². The van der Waals surface area contributed by atoms with Gasteiger partial charge in [-0.05, 0) is 30.5 Å². The van der Waals surface area contributed by atoms with Crippen LogP contribution in [0.15, 0.2) is 36.0 Å². The lowest BCUT2D eigenvalue weighted by molar-refractivity contribution is -0.145. The highest BCUT2D eigenvalue weighted by molar-refractivity contribution is 5.97. The zero-order chi connectivity index (χ0) is 19.1. The van der Waals surface area contributed by atoms with Gasteiger partial charge in [0.1, 0.15) is 11.6 Å². The number of benzene rings is 1. The molecule has 0 aliphatic carbocycles. The van der Waals surface area contributed by atoms with Crippen LogP contribution in [0.1, 0.15) is 28.8 Å². The van der Waals surface area contributed by atoms with Gasteiger partial charge in [0.2, 0.25) is 0 Å². The fraction of sp³-hybridized carbons (Fsp3) is 0.333. The van der Waals surface area contributed by atoms with Crippen LogP contribution in [0.25, 0.3) is 0 Å². The average molecular weight is 357 g/mol. The molecule has 1 aromatic rings. The number of hydrogen-bond donors (Lipinski definition) is 3. The molecule has 8 heteroatoms. The predicted molar refractivity (Wildman–Crippen MR) is 90.9 cm³/mol. The molecule has 136 valence electrons. The van der Waals surface area contributed by atoms with Crippen LogP contribution in [0.4, 0.5) is 0 Å². The fourth-order valence-corrected chi connectivity index (χ4v) is 2.68. The van der Waals surface area contributed by atoms with Crippen molar-refractivity contribution < 1.29 is 24.6 Å². The van der Waals surface area contributed by atoms with Gasteiger partial charge >= 0.3 is 11.9 Å². The normalized spacial score (nSPS) is 15.2. The van der Waals surface area contributed by atoms with E-state index in [9.17, 15) is 19.6 Å². The molecule has 0 atom stereocenters. The monoisotopic (exact) mass is 357 g/mol. The third-order valence-corrected chi connectivity index (χ3v) is 4.24. The average Bonchev–Trinajstić information content (AvgIpc) is 2.65. The summed E-state index contributed by atoms with van der Waals surface area (Å²) in [7, 11) is 0. The zero-order valence-corrected chi connectivity index (χ0v) is 14.0. The highest BCUT2D eigenvalue weighted by Crippen LogP contribution is 2.18. The molecular weight excluding hydrogens is 338 g/mol. The molecule has 0 radical (unpaired) electrons. The van der Waals surface area contributed by atoms with E-state index in [-0.39, 0.29) is 11.1 Å². The summed E-state index contributed by atoms with van der Waals surface area (Å²) in [6, 6.07) is 8.11. The molecule has 1 fully saturated rings. The van der Waals surface area contributed by atoms with Gasteiger partial charge in [-0.2, -0.15) is 5.26 Å². The number of aromatic carboxylic acids is 1. The Hall–Kier alpha value is -3.34. The molecule has 0 bridgehead atoms. The maximum Gasteiger partial charge on any atom is 0.335 e. The molecule has 3 N–H and O–H groups in total. The summed E-state index contributed by atoms with van der Waals surface area (Å²) in [5.74, 6) is -2.73. The van der Waals surface area contributed by atoms with Crippen molar-refractivity contribution in [2.24, 2.45) is 5.92 Å². The summed E-state index contributed by atoms with van der Waals surface area (Å²) in [6.07, 6.45) is 2.09. The smallest absolute Gasteiger partial charge is 0.335 e. The van der Waals surface area contributed by atoms with Crippen molar-refractivity contribution in [2.45, 2.75) is 19.4 Å². The van der Waals surface area contributed by atoms with Crippen LogP contribution in [0.3, 0.4) is 0 Å². The molecule has 1 saturated heterocycles. The molecule has 26 heavy (non-hydrogen) atoms. The Labute approximate surface area is 150 Å². The van der Waals surface area contributed by atoms with E-state index in [2.05, 4.69) is 5.32 Å². The van der Waals surface area contributed by atoms with Crippen molar-refractivity contribution in [1.29, 1.82) is 5.26 Å². The number of likely N-dealkylation sites (tertiary alicyclic amines) is 1. The third-order valence-electron chi connectivity index (χ3n) is 4.24. The maximum absolute atomic E-state index is 12.4. The van der Waals surface area contributed by atoms with Crippen molar-refractivity contribution in [3.8, 4) is 6.07 Å². The van der Waals surface area contributed by atoms with E-state index in [0.29, 0.717) is 32.5 Å². The van der Waals surface area contributed by atoms with Gasteiger partial charge in [-0.1, -0.05) is 12.1 Å². The third kappa shape index (κ3) is 4.83. The van der Waals surface area contributed by atoms with Gasteiger partial charge in [0.15, 0.2) is 0 Å². The first-order chi connectivity index (χ1) is 12.4. The number of nitrogens with zero attached hydrogens (tertiary/aromatic N) is 2. The summed E-state index contributed by atoms with van der Waals surface area (Å²) >= 11 is 0. The molecule has 0 spiro atoms.